The van der Waals surface area contributed by atoms with Crippen molar-refractivity contribution < 1.29 is 17.9 Å². The van der Waals surface area contributed by atoms with E-state index >= 15 is 0 Å². The summed E-state index contributed by atoms with van der Waals surface area (Å²) in [5.41, 5.74) is 1.15. The number of carbonyl (C=O) groups excluding carboxylic acids is 1. The molecule has 1 amide bonds. The summed E-state index contributed by atoms with van der Waals surface area (Å²) < 4.78 is 31.2. The highest BCUT2D eigenvalue weighted by Gasteiger charge is 2.57. The Morgan fingerprint density at radius 2 is 2.04 bits per heavy atom. The van der Waals surface area contributed by atoms with Crippen LogP contribution in [0.5, 0.6) is 5.75 Å². The summed E-state index contributed by atoms with van der Waals surface area (Å²) in [4.78, 5) is 12.5. The van der Waals surface area contributed by atoms with Crippen molar-refractivity contribution in [1.29, 1.82) is 0 Å². The summed E-state index contributed by atoms with van der Waals surface area (Å²) in [5, 5.41) is 6.27. The Morgan fingerprint density at radius 3 is 2.65 bits per heavy atom. The number of hydrogen-bond acceptors (Lipinski definition) is 5. The number of nitrogens with one attached hydrogen (secondary N) is 3. The van der Waals surface area contributed by atoms with Crippen LogP contribution in [0.25, 0.3) is 0 Å². The van der Waals surface area contributed by atoms with Crippen molar-refractivity contribution >= 4 is 39.7 Å². The smallest absolute Gasteiger partial charge is 0.232 e. The predicted molar refractivity (Wildman–Crippen MR) is 105 cm³/mol. The molecule has 146 valence electrons. The van der Waals surface area contributed by atoms with Gasteiger partial charge in [-0.3, -0.25) is 9.52 Å². The first-order valence-electron chi connectivity index (χ1n) is 8.59. The summed E-state index contributed by atoms with van der Waals surface area (Å²) in [6.45, 7) is 3.52. The Bertz CT molecular complexity index is 763. The van der Waals surface area contributed by atoms with Crippen LogP contribution >= 0.6 is 12.4 Å². The Kier molecular flexibility index (Phi) is 6.42. The second-order valence-corrected chi connectivity index (χ2v) is 8.79. The van der Waals surface area contributed by atoms with Crippen LogP contribution in [0.3, 0.4) is 0 Å². The molecule has 0 radical (unpaired) electrons. The van der Waals surface area contributed by atoms with Gasteiger partial charge in [0.15, 0.2) is 0 Å². The summed E-state index contributed by atoms with van der Waals surface area (Å²) in [6.07, 6.45) is 3.05. The van der Waals surface area contributed by atoms with Crippen LogP contribution in [-0.4, -0.2) is 40.3 Å². The number of ether oxygens (including phenoxy) is 1. The predicted octanol–water partition coefficient (Wildman–Crippen LogP) is 2.21. The molecule has 1 spiro atoms. The first-order valence-corrected chi connectivity index (χ1v) is 10.2. The van der Waals surface area contributed by atoms with Gasteiger partial charge in [-0.05, 0) is 56.8 Å². The third-order valence-corrected chi connectivity index (χ3v) is 6.51. The van der Waals surface area contributed by atoms with Crippen LogP contribution < -0.4 is 20.1 Å². The number of benzene rings is 1. The average Bonchev–Trinajstić information content (AvgIpc) is 3.29. The molecule has 3 N–H and O–H groups in total. The molecule has 1 saturated heterocycles. The zero-order valence-corrected chi connectivity index (χ0v) is 16.6. The van der Waals surface area contributed by atoms with Gasteiger partial charge in [0.25, 0.3) is 0 Å². The highest BCUT2D eigenvalue weighted by Crippen LogP contribution is 2.58. The number of anilines is 2. The number of halogens is 1. The molecule has 1 aliphatic carbocycles. The van der Waals surface area contributed by atoms with E-state index in [9.17, 15) is 13.2 Å². The van der Waals surface area contributed by atoms with Gasteiger partial charge in [-0.25, -0.2) is 8.42 Å². The van der Waals surface area contributed by atoms with Crippen LogP contribution in [-0.2, 0) is 14.8 Å². The second kappa shape index (κ2) is 8.02. The minimum absolute atomic E-state index is 0. The Hall–Kier alpha value is -1.51. The molecule has 0 bridgehead atoms. The number of rotatable bonds is 6. The highest BCUT2D eigenvalue weighted by molar-refractivity contribution is 7.92. The molecule has 1 atom stereocenters. The van der Waals surface area contributed by atoms with E-state index in [1.165, 1.54) is 7.11 Å². The molecule has 0 aromatic heterocycles. The van der Waals surface area contributed by atoms with Gasteiger partial charge in [0, 0.05) is 17.7 Å². The number of methoxy groups -OCH3 is 1. The lowest BCUT2D eigenvalue weighted by atomic mass is 9.92. The molecular formula is C17H26ClN3O4S. The van der Waals surface area contributed by atoms with Crippen molar-refractivity contribution in [3.63, 3.8) is 0 Å². The summed E-state index contributed by atoms with van der Waals surface area (Å²) in [7, 11) is -1.92. The normalized spacial score (nSPS) is 20.8. The van der Waals surface area contributed by atoms with Crippen LogP contribution in [0.1, 0.15) is 26.2 Å². The number of sulfonamides is 1. The summed E-state index contributed by atoms with van der Waals surface area (Å²) >= 11 is 0. The first kappa shape index (κ1) is 20.8. The van der Waals surface area contributed by atoms with E-state index in [0.717, 1.165) is 32.4 Å². The second-order valence-electron chi connectivity index (χ2n) is 6.78. The average molecular weight is 404 g/mol. The Morgan fingerprint density at radius 1 is 1.35 bits per heavy atom. The molecule has 1 unspecified atom stereocenters. The van der Waals surface area contributed by atoms with Crippen molar-refractivity contribution in [1.82, 2.24) is 5.32 Å². The fourth-order valence-electron chi connectivity index (χ4n) is 3.52. The van der Waals surface area contributed by atoms with E-state index in [1.54, 1.807) is 25.1 Å². The molecule has 1 aromatic carbocycles. The molecule has 1 heterocycles. The fourth-order valence-corrected chi connectivity index (χ4v) is 4.17. The van der Waals surface area contributed by atoms with Gasteiger partial charge in [-0.2, -0.15) is 0 Å². The minimum atomic E-state index is -3.39. The van der Waals surface area contributed by atoms with Gasteiger partial charge < -0.3 is 15.4 Å². The maximum Gasteiger partial charge on any atom is 0.232 e. The van der Waals surface area contributed by atoms with E-state index < -0.39 is 10.0 Å². The van der Waals surface area contributed by atoms with E-state index in [2.05, 4.69) is 15.4 Å². The van der Waals surface area contributed by atoms with Crippen LogP contribution in [0, 0.1) is 11.3 Å². The molecule has 2 aliphatic rings. The topological polar surface area (TPSA) is 96.5 Å². The fraction of sp³-hybridized carbons (Fsp3) is 0.588. The van der Waals surface area contributed by atoms with Crippen molar-refractivity contribution in [2.75, 3.05) is 36.0 Å². The van der Waals surface area contributed by atoms with Gasteiger partial charge in [-0.1, -0.05) is 0 Å². The largest absolute Gasteiger partial charge is 0.494 e. The van der Waals surface area contributed by atoms with E-state index in [0.29, 0.717) is 17.1 Å². The first-order chi connectivity index (χ1) is 11.9. The van der Waals surface area contributed by atoms with Crippen LogP contribution in [0.2, 0.25) is 0 Å². The van der Waals surface area contributed by atoms with Crippen LogP contribution in [0.15, 0.2) is 18.2 Å². The van der Waals surface area contributed by atoms with Crippen molar-refractivity contribution in [3.05, 3.63) is 18.2 Å². The number of piperidine rings is 1. The van der Waals surface area contributed by atoms with Gasteiger partial charge >= 0.3 is 0 Å². The maximum atomic E-state index is 12.5. The Balaban J connectivity index is 0.00000243. The Labute approximate surface area is 160 Å². The number of amides is 1. The van der Waals surface area contributed by atoms with Gasteiger partial charge in [0.2, 0.25) is 15.9 Å². The summed E-state index contributed by atoms with van der Waals surface area (Å²) in [5.74, 6) is 0.458. The third-order valence-electron chi connectivity index (χ3n) is 5.22. The molecule has 1 saturated carbocycles. The van der Waals surface area contributed by atoms with E-state index in [1.807, 2.05) is 0 Å². The van der Waals surface area contributed by atoms with Gasteiger partial charge in [-0.15, -0.1) is 12.4 Å². The molecule has 2 fully saturated rings. The molecule has 26 heavy (non-hydrogen) atoms. The summed E-state index contributed by atoms with van der Waals surface area (Å²) in [6, 6.07) is 4.93. The lowest BCUT2D eigenvalue weighted by Gasteiger charge is -2.23. The van der Waals surface area contributed by atoms with E-state index in [4.69, 9.17) is 4.74 Å². The highest BCUT2D eigenvalue weighted by atomic mass is 35.5. The van der Waals surface area contributed by atoms with Crippen molar-refractivity contribution in [2.24, 2.45) is 11.3 Å². The minimum Gasteiger partial charge on any atom is -0.494 e. The maximum absolute atomic E-state index is 12.5. The molecule has 9 heteroatoms. The lowest BCUT2D eigenvalue weighted by Crippen LogP contribution is -2.31. The molecule has 1 aliphatic heterocycles. The standard InChI is InChI=1S/C17H25N3O4S.ClH/c1-3-25(22,23)20-14-5-4-12(10-15(14)24-2)19-16(21)13-11-17(13)6-8-18-9-7-17;/h4-5,10,13,18,20H,3,6-9,11H2,1-2H3,(H,19,21);1H. The van der Waals surface area contributed by atoms with Crippen molar-refractivity contribution in [3.8, 4) is 5.75 Å². The van der Waals surface area contributed by atoms with Crippen LogP contribution in [0.4, 0.5) is 11.4 Å². The SMILES string of the molecule is CCS(=O)(=O)Nc1ccc(NC(=O)C2CC23CCNCC3)cc1OC.Cl. The van der Waals surface area contributed by atoms with Gasteiger partial charge in [0.05, 0.1) is 18.6 Å². The molecular weight excluding hydrogens is 378 g/mol. The lowest BCUT2D eigenvalue weighted by molar-refractivity contribution is -0.118. The number of carbonyl (C=O) groups is 1. The zero-order valence-electron chi connectivity index (χ0n) is 15.0. The molecule has 1 aromatic rings. The zero-order chi connectivity index (χ0) is 18.1. The quantitative estimate of drug-likeness (QED) is 0.676. The molecule has 7 nitrogen and oxygen atoms in total. The van der Waals surface area contributed by atoms with E-state index in [-0.39, 0.29) is 35.4 Å². The van der Waals surface area contributed by atoms with Crippen molar-refractivity contribution in [2.45, 2.75) is 26.2 Å². The van der Waals surface area contributed by atoms with Gasteiger partial charge in [0.1, 0.15) is 5.75 Å². The third kappa shape index (κ3) is 4.42. The monoisotopic (exact) mass is 403 g/mol. The molecule has 3 rings (SSSR count). The number of hydrogen-bond donors (Lipinski definition) is 3.